The molecule has 0 amide bonds. The lowest BCUT2D eigenvalue weighted by Gasteiger charge is -2.12. The quantitative estimate of drug-likeness (QED) is 0.904. The molecule has 1 unspecified atom stereocenters. The van der Waals surface area contributed by atoms with Gasteiger partial charge in [-0.05, 0) is 29.8 Å². The van der Waals surface area contributed by atoms with Gasteiger partial charge in [-0.15, -0.1) is 0 Å². The number of benzene rings is 2. The third kappa shape index (κ3) is 4.43. The van der Waals surface area contributed by atoms with Crippen LogP contribution < -0.4 is 4.74 Å². The first-order valence-corrected chi connectivity index (χ1v) is 6.70. The van der Waals surface area contributed by atoms with Gasteiger partial charge in [-0.25, -0.2) is 0 Å². The predicted octanol–water partition coefficient (Wildman–Crippen LogP) is 3.98. The third-order valence-electron chi connectivity index (χ3n) is 2.64. The highest BCUT2D eigenvalue weighted by Crippen LogP contribution is 2.23. The monoisotopic (exact) mass is 296 g/mol. The van der Waals surface area contributed by atoms with Crippen LogP contribution in [0.5, 0.6) is 5.75 Å². The van der Waals surface area contributed by atoms with E-state index in [1.807, 2.05) is 36.4 Å². The maximum atomic E-state index is 9.92. The Bertz CT molecular complexity index is 529. The Morgan fingerprint density at radius 1 is 1.00 bits per heavy atom. The molecule has 0 aliphatic heterocycles. The van der Waals surface area contributed by atoms with Crippen LogP contribution in [0.15, 0.2) is 48.5 Å². The summed E-state index contributed by atoms with van der Waals surface area (Å²) in [5, 5.41) is 10.9. The van der Waals surface area contributed by atoms with Crippen molar-refractivity contribution in [2.75, 3.05) is 6.61 Å². The molecule has 0 aliphatic rings. The minimum Gasteiger partial charge on any atom is -0.491 e. The largest absolute Gasteiger partial charge is 0.491 e. The molecule has 0 fully saturated rings. The molecule has 2 rings (SSSR count). The van der Waals surface area contributed by atoms with Crippen LogP contribution in [-0.4, -0.2) is 17.8 Å². The molecule has 2 nitrogen and oxygen atoms in total. The molecule has 0 radical (unpaired) electrons. The average molecular weight is 297 g/mol. The Balaban J connectivity index is 1.87. The lowest BCUT2D eigenvalue weighted by Crippen LogP contribution is -2.20. The van der Waals surface area contributed by atoms with Crippen LogP contribution in [-0.2, 0) is 6.42 Å². The van der Waals surface area contributed by atoms with E-state index in [4.69, 9.17) is 27.9 Å². The topological polar surface area (TPSA) is 29.5 Å². The number of hydrogen-bond acceptors (Lipinski definition) is 2. The number of hydrogen-bond donors (Lipinski definition) is 1. The van der Waals surface area contributed by atoms with Gasteiger partial charge in [0.1, 0.15) is 12.4 Å². The maximum Gasteiger partial charge on any atom is 0.119 e. The van der Waals surface area contributed by atoms with Crippen molar-refractivity contribution in [3.63, 3.8) is 0 Å². The van der Waals surface area contributed by atoms with Crippen LogP contribution in [0.1, 0.15) is 5.56 Å². The van der Waals surface area contributed by atoms with E-state index in [0.717, 1.165) is 11.3 Å². The van der Waals surface area contributed by atoms with Crippen LogP contribution >= 0.6 is 23.2 Å². The van der Waals surface area contributed by atoms with E-state index in [0.29, 0.717) is 16.5 Å². The Kier molecular flexibility index (Phi) is 5.08. The third-order valence-corrected chi connectivity index (χ3v) is 3.38. The average Bonchev–Trinajstić information content (AvgIpc) is 2.42. The van der Waals surface area contributed by atoms with Gasteiger partial charge in [0.15, 0.2) is 0 Å². The normalized spacial score (nSPS) is 12.2. The summed E-state index contributed by atoms with van der Waals surface area (Å²) in [6.07, 6.45) is -0.110. The van der Waals surface area contributed by atoms with Gasteiger partial charge in [-0.1, -0.05) is 47.5 Å². The first-order chi connectivity index (χ1) is 9.15. The molecule has 0 aromatic heterocycles. The smallest absolute Gasteiger partial charge is 0.119 e. The summed E-state index contributed by atoms with van der Waals surface area (Å²) < 4.78 is 5.48. The highest BCUT2D eigenvalue weighted by atomic mass is 35.5. The van der Waals surface area contributed by atoms with E-state index in [9.17, 15) is 5.11 Å². The number of para-hydroxylation sites is 1. The molecule has 2 aromatic rings. The van der Waals surface area contributed by atoms with Crippen molar-refractivity contribution in [2.24, 2.45) is 0 Å². The van der Waals surface area contributed by atoms with Gasteiger partial charge >= 0.3 is 0 Å². The number of ether oxygens (including phenoxy) is 1. The van der Waals surface area contributed by atoms with Gasteiger partial charge < -0.3 is 9.84 Å². The summed E-state index contributed by atoms with van der Waals surface area (Å²) >= 11 is 11.8. The van der Waals surface area contributed by atoms with Crippen molar-refractivity contribution < 1.29 is 9.84 Å². The number of halogens is 2. The second kappa shape index (κ2) is 6.80. The lowest BCUT2D eigenvalue weighted by molar-refractivity contribution is 0.108. The molecule has 0 heterocycles. The van der Waals surface area contributed by atoms with Crippen LogP contribution in [0.4, 0.5) is 0 Å². The fourth-order valence-electron chi connectivity index (χ4n) is 1.71. The van der Waals surface area contributed by atoms with E-state index >= 15 is 0 Å². The molecule has 4 heteroatoms. The fourth-order valence-corrected chi connectivity index (χ4v) is 2.03. The number of aliphatic hydroxyl groups excluding tert-OH is 1. The Labute approximate surface area is 122 Å². The predicted molar refractivity (Wildman–Crippen MR) is 78.1 cm³/mol. The van der Waals surface area contributed by atoms with E-state index in [-0.39, 0.29) is 6.61 Å². The Hall–Kier alpha value is -1.22. The standard InChI is InChI=1S/C15H14Cl2O2/c16-14-7-6-11(9-15(14)17)8-12(18)10-19-13-4-2-1-3-5-13/h1-7,9,12,18H,8,10H2. The van der Waals surface area contributed by atoms with Crippen molar-refractivity contribution in [1.82, 2.24) is 0 Å². The van der Waals surface area contributed by atoms with Crippen molar-refractivity contribution >= 4 is 23.2 Å². The zero-order chi connectivity index (χ0) is 13.7. The highest BCUT2D eigenvalue weighted by Gasteiger charge is 2.08. The zero-order valence-corrected chi connectivity index (χ0v) is 11.7. The summed E-state index contributed by atoms with van der Waals surface area (Å²) in [6.45, 7) is 0.240. The maximum absolute atomic E-state index is 9.92. The molecule has 0 saturated heterocycles. The second-order valence-electron chi connectivity index (χ2n) is 4.23. The van der Waals surface area contributed by atoms with Gasteiger partial charge in [0.05, 0.1) is 16.1 Å². The Morgan fingerprint density at radius 3 is 2.42 bits per heavy atom. The molecule has 2 aromatic carbocycles. The molecule has 0 bridgehead atoms. The molecule has 0 aliphatic carbocycles. The van der Waals surface area contributed by atoms with Gasteiger partial charge in [-0.2, -0.15) is 0 Å². The molecule has 0 saturated carbocycles. The molecular weight excluding hydrogens is 283 g/mol. The SMILES string of the molecule is OC(COc1ccccc1)Cc1ccc(Cl)c(Cl)c1. The number of aliphatic hydroxyl groups is 1. The minimum absolute atomic E-state index is 0.240. The Morgan fingerprint density at radius 2 is 1.74 bits per heavy atom. The van der Waals surface area contributed by atoms with E-state index in [1.54, 1.807) is 12.1 Å². The molecule has 19 heavy (non-hydrogen) atoms. The van der Waals surface area contributed by atoms with Gasteiger partial charge in [-0.3, -0.25) is 0 Å². The summed E-state index contributed by atoms with van der Waals surface area (Å²) in [4.78, 5) is 0. The van der Waals surface area contributed by atoms with Crippen LogP contribution in [0.3, 0.4) is 0 Å². The van der Waals surface area contributed by atoms with Gasteiger partial charge in [0.25, 0.3) is 0 Å². The van der Waals surface area contributed by atoms with Crippen molar-refractivity contribution in [3.05, 3.63) is 64.1 Å². The molecule has 100 valence electrons. The van der Waals surface area contributed by atoms with E-state index < -0.39 is 6.10 Å². The molecule has 1 atom stereocenters. The van der Waals surface area contributed by atoms with E-state index in [2.05, 4.69) is 0 Å². The van der Waals surface area contributed by atoms with Crippen molar-refractivity contribution in [3.8, 4) is 5.75 Å². The summed E-state index contributed by atoms with van der Waals surface area (Å²) in [5.74, 6) is 0.746. The minimum atomic E-state index is -0.586. The molecule has 1 N–H and O–H groups in total. The summed E-state index contributed by atoms with van der Waals surface area (Å²) in [5.41, 5.74) is 0.929. The first-order valence-electron chi connectivity index (χ1n) is 5.95. The first kappa shape index (κ1) is 14.2. The fraction of sp³-hybridized carbons (Fsp3) is 0.200. The lowest BCUT2D eigenvalue weighted by atomic mass is 10.1. The van der Waals surface area contributed by atoms with Gasteiger partial charge in [0.2, 0.25) is 0 Å². The van der Waals surface area contributed by atoms with Crippen molar-refractivity contribution in [2.45, 2.75) is 12.5 Å². The van der Waals surface area contributed by atoms with Crippen LogP contribution in [0, 0.1) is 0 Å². The van der Waals surface area contributed by atoms with Crippen molar-refractivity contribution in [1.29, 1.82) is 0 Å². The van der Waals surface area contributed by atoms with E-state index in [1.165, 1.54) is 0 Å². The van der Waals surface area contributed by atoms with Crippen LogP contribution in [0.2, 0.25) is 10.0 Å². The van der Waals surface area contributed by atoms with Gasteiger partial charge in [0, 0.05) is 6.42 Å². The zero-order valence-electron chi connectivity index (χ0n) is 10.2. The molecular formula is C15H14Cl2O2. The summed E-state index contributed by atoms with van der Waals surface area (Å²) in [7, 11) is 0. The highest BCUT2D eigenvalue weighted by molar-refractivity contribution is 6.42. The summed E-state index contributed by atoms with van der Waals surface area (Å²) in [6, 6.07) is 14.7. The van der Waals surface area contributed by atoms with Crippen LogP contribution in [0.25, 0.3) is 0 Å². The number of rotatable bonds is 5. The molecule has 0 spiro atoms. The second-order valence-corrected chi connectivity index (χ2v) is 5.04.